The predicted octanol–water partition coefficient (Wildman–Crippen LogP) is 0.574. The first-order valence-electron chi connectivity index (χ1n) is 4.95. The van der Waals surface area contributed by atoms with Crippen LogP contribution in [0.5, 0.6) is 0 Å². The van der Waals surface area contributed by atoms with E-state index in [1.807, 2.05) is 0 Å². The fraction of sp³-hybridized carbons (Fsp3) is 0.273. The number of benzene rings is 1. The first kappa shape index (κ1) is 10.8. The molecule has 5 heteroatoms. The van der Waals surface area contributed by atoms with Crippen LogP contribution in [-0.2, 0) is 4.79 Å². The average Bonchev–Trinajstić information content (AvgIpc) is 2.50. The molecule has 16 heavy (non-hydrogen) atoms. The number of likely N-dealkylation sites (N-methyl/N-ethyl adjacent to an activating group) is 1. The van der Waals surface area contributed by atoms with E-state index in [0.717, 1.165) is 0 Å². The fourth-order valence-electron chi connectivity index (χ4n) is 1.71. The van der Waals surface area contributed by atoms with E-state index in [0.29, 0.717) is 18.8 Å². The van der Waals surface area contributed by atoms with Gasteiger partial charge in [-0.1, -0.05) is 0 Å². The van der Waals surface area contributed by atoms with Crippen molar-refractivity contribution in [1.29, 1.82) is 0 Å². The number of amides is 1. The lowest BCUT2D eigenvalue weighted by molar-refractivity contribution is -0.114. The van der Waals surface area contributed by atoms with Crippen molar-refractivity contribution >= 4 is 17.4 Å². The van der Waals surface area contributed by atoms with Gasteiger partial charge in [0.1, 0.15) is 5.82 Å². The third-order valence-electron chi connectivity index (χ3n) is 2.52. The van der Waals surface area contributed by atoms with Gasteiger partial charge < -0.3 is 10.2 Å². The summed E-state index contributed by atoms with van der Waals surface area (Å²) in [6, 6.07) is 3.75. The molecule has 1 aliphatic rings. The zero-order valence-electron chi connectivity index (χ0n) is 8.79. The molecule has 0 saturated carbocycles. The lowest BCUT2D eigenvalue weighted by Gasteiger charge is -2.15. The van der Waals surface area contributed by atoms with Gasteiger partial charge in [0.15, 0.2) is 0 Å². The number of halogens is 1. The maximum atomic E-state index is 13.0. The van der Waals surface area contributed by atoms with Crippen LogP contribution in [0.15, 0.2) is 18.2 Å². The van der Waals surface area contributed by atoms with Gasteiger partial charge in [-0.25, -0.2) is 4.39 Å². The van der Waals surface area contributed by atoms with Crippen LogP contribution in [0.2, 0.25) is 0 Å². The molecule has 0 fully saturated rings. The summed E-state index contributed by atoms with van der Waals surface area (Å²) >= 11 is 0. The molecular formula is C11H11FN2O2. The van der Waals surface area contributed by atoms with E-state index in [2.05, 4.69) is 5.32 Å². The summed E-state index contributed by atoms with van der Waals surface area (Å²) in [5.74, 6) is -1.60. The minimum Gasteiger partial charge on any atom is -0.318 e. The molecular weight excluding hydrogens is 211 g/mol. The van der Waals surface area contributed by atoms with Gasteiger partial charge in [0, 0.05) is 13.1 Å². The topological polar surface area (TPSA) is 49.4 Å². The highest BCUT2D eigenvalue weighted by molar-refractivity contribution is 6.52. The summed E-state index contributed by atoms with van der Waals surface area (Å²) in [7, 11) is 1.74. The largest absolute Gasteiger partial charge is 0.318 e. The standard InChI is InChI=1S/C11H11FN2O2/c1-13-4-5-14-9-6-7(12)2-3-8(9)10(15)11(14)16/h2-3,6,13H,4-5H2,1H3. The van der Waals surface area contributed by atoms with Crippen LogP contribution >= 0.6 is 0 Å². The molecule has 0 aliphatic carbocycles. The Morgan fingerprint density at radius 2 is 2.12 bits per heavy atom. The third kappa shape index (κ3) is 1.59. The van der Waals surface area contributed by atoms with E-state index in [1.54, 1.807) is 7.05 Å². The quantitative estimate of drug-likeness (QED) is 0.761. The van der Waals surface area contributed by atoms with Gasteiger partial charge in [0.2, 0.25) is 0 Å². The van der Waals surface area contributed by atoms with Gasteiger partial charge in [0.25, 0.3) is 11.7 Å². The Morgan fingerprint density at radius 3 is 2.81 bits per heavy atom. The van der Waals surface area contributed by atoms with E-state index in [9.17, 15) is 14.0 Å². The molecule has 0 aromatic heterocycles. The second-order valence-corrected chi connectivity index (χ2v) is 3.55. The highest BCUT2D eigenvalue weighted by atomic mass is 19.1. The number of hydrogen-bond donors (Lipinski definition) is 1. The van der Waals surface area contributed by atoms with E-state index in [1.165, 1.54) is 23.1 Å². The van der Waals surface area contributed by atoms with Gasteiger partial charge in [-0.2, -0.15) is 0 Å². The zero-order valence-corrected chi connectivity index (χ0v) is 8.79. The number of rotatable bonds is 3. The van der Waals surface area contributed by atoms with Crippen molar-refractivity contribution in [3.8, 4) is 0 Å². The molecule has 1 aromatic carbocycles. The number of anilines is 1. The first-order chi connectivity index (χ1) is 7.65. The van der Waals surface area contributed by atoms with E-state index in [4.69, 9.17) is 0 Å². The second kappa shape index (κ2) is 4.02. The Hall–Kier alpha value is -1.75. The number of hydrogen-bond acceptors (Lipinski definition) is 3. The van der Waals surface area contributed by atoms with Crippen LogP contribution in [0.1, 0.15) is 10.4 Å². The van der Waals surface area contributed by atoms with Crippen molar-refractivity contribution in [2.45, 2.75) is 0 Å². The van der Waals surface area contributed by atoms with E-state index in [-0.39, 0.29) is 5.56 Å². The molecule has 1 amide bonds. The maximum Gasteiger partial charge on any atom is 0.299 e. The Kier molecular flexibility index (Phi) is 2.70. The number of fused-ring (bicyclic) bond motifs is 1. The molecule has 0 bridgehead atoms. The SMILES string of the molecule is CNCCN1C(=O)C(=O)c2ccc(F)cc21. The van der Waals surface area contributed by atoms with Crippen LogP contribution < -0.4 is 10.2 Å². The minimum absolute atomic E-state index is 0.280. The lowest BCUT2D eigenvalue weighted by atomic mass is 10.1. The van der Waals surface area contributed by atoms with Crippen LogP contribution in [0, 0.1) is 5.82 Å². The van der Waals surface area contributed by atoms with Crippen molar-refractivity contribution in [3.63, 3.8) is 0 Å². The third-order valence-corrected chi connectivity index (χ3v) is 2.52. The summed E-state index contributed by atoms with van der Waals surface area (Å²) in [5, 5.41) is 2.88. The van der Waals surface area contributed by atoms with Crippen LogP contribution in [0.4, 0.5) is 10.1 Å². The zero-order chi connectivity index (χ0) is 11.7. The Morgan fingerprint density at radius 1 is 1.38 bits per heavy atom. The highest BCUT2D eigenvalue weighted by Gasteiger charge is 2.35. The maximum absolute atomic E-state index is 13.0. The number of carbonyl (C=O) groups excluding carboxylic acids is 2. The fourth-order valence-corrected chi connectivity index (χ4v) is 1.71. The van der Waals surface area contributed by atoms with E-state index >= 15 is 0 Å². The number of nitrogens with zero attached hydrogens (tertiary/aromatic N) is 1. The number of ketones is 1. The molecule has 0 saturated heterocycles. The predicted molar refractivity (Wildman–Crippen MR) is 57.0 cm³/mol. The molecule has 1 heterocycles. The summed E-state index contributed by atoms with van der Waals surface area (Å²) < 4.78 is 13.0. The summed E-state index contributed by atoms with van der Waals surface area (Å²) in [6.07, 6.45) is 0. The average molecular weight is 222 g/mol. The first-order valence-corrected chi connectivity index (χ1v) is 4.95. The summed E-state index contributed by atoms with van der Waals surface area (Å²) in [6.45, 7) is 0.909. The number of carbonyl (C=O) groups is 2. The number of Topliss-reactive ketones (excluding diaryl/α,β-unsaturated/α-hetero) is 1. The summed E-state index contributed by atoms with van der Waals surface area (Å²) in [4.78, 5) is 24.5. The van der Waals surface area contributed by atoms with Crippen LogP contribution in [0.25, 0.3) is 0 Å². The van der Waals surface area contributed by atoms with Crippen molar-refractivity contribution in [2.24, 2.45) is 0 Å². The Balaban J connectivity index is 2.39. The van der Waals surface area contributed by atoms with Gasteiger partial charge in [-0.05, 0) is 25.2 Å². The molecule has 0 spiro atoms. The van der Waals surface area contributed by atoms with Crippen molar-refractivity contribution < 1.29 is 14.0 Å². The number of nitrogens with one attached hydrogen (secondary N) is 1. The van der Waals surface area contributed by atoms with Gasteiger partial charge >= 0.3 is 0 Å². The van der Waals surface area contributed by atoms with Crippen LogP contribution in [-0.4, -0.2) is 31.8 Å². The smallest absolute Gasteiger partial charge is 0.299 e. The molecule has 0 atom stereocenters. The molecule has 0 radical (unpaired) electrons. The Labute approximate surface area is 92.0 Å². The highest BCUT2D eigenvalue weighted by Crippen LogP contribution is 2.29. The minimum atomic E-state index is -0.587. The lowest BCUT2D eigenvalue weighted by Crippen LogP contribution is -2.35. The van der Waals surface area contributed by atoms with Crippen molar-refractivity contribution in [1.82, 2.24) is 5.32 Å². The summed E-state index contributed by atoms with van der Waals surface area (Å²) in [5.41, 5.74) is 0.646. The molecule has 84 valence electrons. The van der Waals surface area contributed by atoms with Gasteiger partial charge in [0.05, 0.1) is 11.3 Å². The molecule has 0 unspecified atom stereocenters. The molecule has 1 aromatic rings. The molecule has 1 aliphatic heterocycles. The molecule has 1 N–H and O–H groups in total. The van der Waals surface area contributed by atoms with Crippen molar-refractivity contribution in [2.75, 3.05) is 25.0 Å². The molecule has 4 nitrogen and oxygen atoms in total. The van der Waals surface area contributed by atoms with Crippen molar-refractivity contribution in [3.05, 3.63) is 29.6 Å². The van der Waals surface area contributed by atoms with Gasteiger partial charge in [-0.3, -0.25) is 9.59 Å². The Bertz CT molecular complexity index is 459. The second-order valence-electron chi connectivity index (χ2n) is 3.55. The van der Waals surface area contributed by atoms with Crippen LogP contribution in [0.3, 0.4) is 0 Å². The molecule has 2 rings (SSSR count). The van der Waals surface area contributed by atoms with Gasteiger partial charge in [-0.15, -0.1) is 0 Å². The van der Waals surface area contributed by atoms with E-state index < -0.39 is 17.5 Å². The normalized spacial score (nSPS) is 14.5. The monoisotopic (exact) mass is 222 g/mol.